The van der Waals surface area contributed by atoms with E-state index < -0.39 is 0 Å². The van der Waals surface area contributed by atoms with Crippen LogP contribution in [-0.2, 0) is 4.79 Å². The molecule has 0 aliphatic rings. The number of hydrogen-bond donors (Lipinski definition) is 2. The molecule has 3 aromatic rings. The normalized spacial score (nSPS) is 10.6. The van der Waals surface area contributed by atoms with Crippen LogP contribution in [0.3, 0.4) is 0 Å². The number of anilines is 2. The lowest BCUT2D eigenvalue weighted by atomic mass is 10.2. The van der Waals surface area contributed by atoms with Gasteiger partial charge in [0.05, 0.1) is 16.8 Å². The fourth-order valence-electron chi connectivity index (χ4n) is 2.41. The molecule has 0 unspecified atom stereocenters. The van der Waals surface area contributed by atoms with E-state index in [4.69, 9.17) is 27.9 Å². The fraction of sp³-hybridized carbons (Fsp3) is 0.111. The summed E-state index contributed by atoms with van der Waals surface area (Å²) in [6.45, 7) is 1.43. The van der Waals surface area contributed by atoms with E-state index in [0.717, 1.165) is 0 Å². The third kappa shape index (κ3) is 3.62. The molecular formula is C18H14Cl2N2O3S. The predicted octanol–water partition coefficient (Wildman–Crippen LogP) is 5.43. The van der Waals surface area contributed by atoms with Gasteiger partial charge in [0, 0.05) is 23.7 Å². The van der Waals surface area contributed by atoms with E-state index in [1.54, 1.807) is 36.4 Å². The molecule has 134 valence electrons. The van der Waals surface area contributed by atoms with E-state index in [-0.39, 0.29) is 11.8 Å². The molecule has 5 nitrogen and oxygen atoms in total. The van der Waals surface area contributed by atoms with Gasteiger partial charge < -0.3 is 15.4 Å². The smallest absolute Gasteiger partial charge is 0.267 e. The third-order valence-electron chi connectivity index (χ3n) is 3.59. The summed E-state index contributed by atoms with van der Waals surface area (Å²) in [5.41, 5.74) is 1.23. The van der Waals surface area contributed by atoms with Crippen molar-refractivity contribution in [1.29, 1.82) is 0 Å². The van der Waals surface area contributed by atoms with E-state index in [0.29, 0.717) is 42.1 Å². The van der Waals surface area contributed by atoms with E-state index in [9.17, 15) is 9.59 Å². The lowest BCUT2D eigenvalue weighted by Crippen LogP contribution is -2.11. The summed E-state index contributed by atoms with van der Waals surface area (Å²) in [4.78, 5) is 24.0. The van der Waals surface area contributed by atoms with Gasteiger partial charge in [0.2, 0.25) is 5.91 Å². The Bertz CT molecular complexity index is 1000. The molecule has 0 fully saturated rings. The summed E-state index contributed by atoms with van der Waals surface area (Å²) in [7, 11) is 1.53. The van der Waals surface area contributed by atoms with Crippen LogP contribution >= 0.6 is 34.5 Å². The molecule has 0 aliphatic carbocycles. The number of halogens is 2. The minimum absolute atomic E-state index is 0.161. The molecule has 0 saturated heterocycles. The van der Waals surface area contributed by atoms with Gasteiger partial charge in [-0.3, -0.25) is 9.59 Å². The first-order valence-electron chi connectivity index (χ1n) is 7.54. The molecule has 0 saturated carbocycles. The maximum atomic E-state index is 12.6. The van der Waals surface area contributed by atoms with Gasteiger partial charge in [0.15, 0.2) is 0 Å². The van der Waals surface area contributed by atoms with Crippen molar-refractivity contribution in [1.82, 2.24) is 0 Å². The minimum atomic E-state index is -0.335. The number of hydrogen-bond acceptors (Lipinski definition) is 4. The van der Waals surface area contributed by atoms with Crippen LogP contribution in [0.15, 0.2) is 36.4 Å². The summed E-state index contributed by atoms with van der Waals surface area (Å²) in [6, 6.07) is 10.3. The minimum Gasteiger partial charge on any atom is -0.495 e. The highest BCUT2D eigenvalue weighted by Crippen LogP contribution is 2.43. The van der Waals surface area contributed by atoms with Crippen LogP contribution in [-0.4, -0.2) is 18.9 Å². The monoisotopic (exact) mass is 408 g/mol. The SMILES string of the molecule is COc1ccc2c(Cl)c(C(=O)Nc3ccc(NC(C)=O)cc3)sc2c1Cl. The quantitative estimate of drug-likeness (QED) is 0.604. The molecule has 8 heteroatoms. The van der Waals surface area contributed by atoms with Crippen molar-refractivity contribution < 1.29 is 14.3 Å². The molecule has 0 aliphatic heterocycles. The van der Waals surface area contributed by atoms with Crippen LogP contribution in [0.5, 0.6) is 5.75 Å². The average molecular weight is 409 g/mol. The summed E-state index contributed by atoms with van der Waals surface area (Å²) in [5.74, 6) is 0.0299. The van der Waals surface area contributed by atoms with Gasteiger partial charge >= 0.3 is 0 Å². The number of methoxy groups -OCH3 is 1. The molecule has 2 aromatic carbocycles. The van der Waals surface area contributed by atoms with Gasteiger partial charge in [-0.2, -0.15) is 0 Å². The van der Waals surface area contributed by atoms with Crippen molar-refractivity contribution in [2.75, 3.05) is 17.7 Å². The number of ether oxygens (including phenoxy) is 1. The zero-order valence-corrected chi connectivity index (χ0v) is 16.2. The fourth-order valence-corrected chi connectivity index (χ4v) is 4.20. The van der Waals surface area contributed by atoms with Gasteiger partial charge in [-0.25, -0.2) is 0 Å². The van der Waals surface area contributed by atoms with Crippen LogP contribution in [0.2, 0.25) is 10.0 Å². The maximum absolute atomic E-state index is 12.6. The molecule has 2 N–H and O–H groups in total. The number of amides is 2. The molecule has 0 bridgehead atoms. The highest BCUT2D eigenvalue weighted by molar-refractivity contribution is 7.22. The van der Waals surface area contributed by atoms with Crippen molar-refractivity contribution in [2.45, 2.75) is 6.92 Å². The largest absolute Gasteiger partial charge is 0.495 e. The molecule has 2 amide bonds. The Hall–Kier alpha value is -2.28. The summed E-state index contributed by atoms with van der Waals surface area (Å²) >= 11 is 13.9. The van der Waals surface area contributed by atoms with Crippen molar-refractivity contribution in [3.05, 3.63) is 51.3 Å². The van der Waals surface area contributed by atoms with Crippen molar-refractivity contribution in [3.8, 4) is 5.75 Å². The van der Waals surface area contributed by atoms with Crippen molar-refractivity contribution in [2.24, 2.45) is 0 Å². The molecule has 0 spiro atoms. The number of carbonyl (C=O) groups is 2. The van der Waals surface area contributed by atoms with Crippen LogP contribution < -0.4 is 15.4 Å². The third-order valence-corrected chi connectivity index (χ3v) is 5.80. The number of nitrogens with one attached hydrogen (secondary N) is 2. The molecule has 0 radical (unpaired) electrons. The Morgan fingerprint density at radius 3 is 2.15 bits per heavy atom. The summed E-state index contributed by atoms with van der Waals surface area (Å²) in [5, 5.41) is 6.93. The zero-order valence-electron chi connectivity index (χ0n) is 13.9. The lowest BCUT2D eigenvalue weighted by molar-refractivity contribution is -0.114. The van der Waals surface area contributed by atoms with Crippen LogP contribution in [0.4, 0.5) is 11.4 Å². The Kier molecular flexibility index (Phi) is 5.36. The summed E-state index contributed by atoms with van der Waals surface area (Å²) in [6.07, 6.45) is 0. The van der Waals surface area contributed by atoms with E-state index in [2.05, 4.69) is 10.6 Å². The Morgan fingerprint density at radius 2 is 1.58 bits per heavy atom. The maximum Gasteiger partial charge on any atom is 0.267 e. The van der Waals surface area contributed by atoms with Gasteiger partial charge in [-0.1, -0.05) is 23.2 Å². The first-order chi connectivity index (χ1) is 12.4. The lowest BCUT2D eigenvalue weighted by Gasteiger charge is -2.06. The number of thiophene rings is 1. The van der Waals surface area contributed by atoms with E-state index in [1.807, 2.05) is 0 Å². The van der Waals surface area contributed by atoms with Gasteiger partial charge in [0.1, 0.15) is 15.6 Å². The molecule has 26 heavy (non-hydrogen) atoms. The second kappa shape index (κ2) is 7.53. The first-order valence-corrected chi connectivity index (χ1v) is 9.11. The zero-order chi connectivity index (χ0) is 18.8. The summed E-state index contributed by atoms with van der Waals surface area (Å²) < 4.78 is 5.89. The molecule has 3 rings (SSSR count). The predicted molar refractivity (Wildman–Crippen MR) is 107 cm³/mol. The standard InChI is InChI=1S/C18H14Cl2N2O3S/c1-9(23)21-10-3-5-11(6-4-10)22-18(24)17-14(19)12-7-8-13(25-2)15(20)16(12)26-17/h3-8H,1-2H3,(H,21,23)(H,22,24). The number of carbonyl (C=O) groups excluding carboxylic acids is 2. The molecular weight excluding hydrogens is 395 g/mol. The number of fused-ring (bicyclic) bond motifs is 1. The van der Waals surface area contributed by atoms with Crippen LogP contribution in [0.25, 0.3) is 10.1 Å². The highest BCUT2D eigenvalue weighted by atomic mass is 35.5. The van der Waals surface area contributed by atoms with E-state index >= 15 is 0 Å². The molecule has 1 heterocycles. The second-order valence-corrected chi connectivity index (χ2v) is 7.19. The number of benzene rings is 2. The van der Waals surface area contributed by atoms with Gasteiger partial charge in [0.25, 0.3) is 5.91 Å². The second-order valence-electron chi connectivity index (χ2n) is 5.42. The van der Waals surface area contributed by atoms with Crippen LogP contribution in [0, 0.1) is 0 Å². The van der Waals surface area contributed by atoms with E-state index in [1.165, 1.54) is 25.4 Å². The molecule has 1 aromatic heterocycles. The number of rotatable bonds is 4. The molecule has 0 atom stereocenters. The Morgan fingerprint density at radius 1 is 0.962 bits per heavy atom. The highest BCUT2D eigenvalue weighted by Gasteiger charge is 2.20. The van der Waals surface area contributed by atoms with Crippen molar-refractivity contribution in [3.63, 3.8) is 0 Å². The Balaban J connectivity index is 1.87. The topological polar surface area (TPSA) is 67.4 Å². The van der Waals surface area contributed by atoms with Gasteiger partial charge in [-0.05, 0) is 36.4 Å². The van der Waals surface area contributed by atoms with Gasteiger partial charge in [-0.15, -0.1) is 11.3 Å². The van der Waals surface area contributed by atoms with Crippen molar-refractivity contribution >= 4 is 67.8 Å². The average Bonchev–Trinajstić information content (AvgIpc) is 2.94. The van der Waals surface area contributed by atoms with Crippen LogP contribution in [0.1, 0.15) is 16.6 Å². The Labute approximate surface area is 163 Å². The first kappa shape index (κ1) is 18.5.